The van der Waals surface area contributed by atoms with E-state index in [9.17, 15) is 4.79 Å². The molecule has 0 aliphatic carbocycles. The van der Waals surface area contributed by atoms with Crippen molar-refractivity contribution >= 4 is 23.1 Å². The number of benzene rings is 1. The molecule has 0 unspecified atom stereocenters. The lowest BCUT2D eigenvalue weighted by Crippen LogP contribution is -2.11. The van der Waals surface area contributed by atoms with Crippen LogP contribution in [0.15, 0.2) is 42.6 Å². The van der Waals surface area contributed by atoms with Crippen LogP contribution in [0.5, 0.6) is 0 Å². The van der Waals surface area contributed by atoms with Crippen molar-refractivity contribution in [2.75, 3.05) is 10.6 Å². The number of pyridine rings is 1. The SMILES string of the molecule is CCCC(=O)Nc1ccc(Nc2cccc(C#N)c2)cn1. The molecule has 106 valence electrons. The van der Waals surface area contributed by atoms with E-state index in [-0.39, 0.29) is 5.91 Å². The highest BCUT2D eigenvalue weighted by Crippen LogP contribution is 2.18. The zero-order valence-electron chi connectivity index (χ0n) is 11.8. The average Bonchev–Trinajstić information content (AvgIpc) is 2.50. The number of nitrogens with one attached hydrogen (secondary N) is 2. The minimum absolute atomic E-state index is 0.0348. The molecule has 1 aromatic carbocycles. The zero-order chi connectivity index (χ0) is 15.1. The smallest absolute Gasteiger partial charge is 0.225 e. The van der Waals surface area contributed by atoms with E-state index in [2.05, 4.69) is 21.7 Å². The van der Waals surface area contributed by atoms with Crippen LogP contribution < -0.4 is 10.6 Å². The predicted octanol–water partition coefficient (Wildman–Crippen LogP) is 3.44. The third-order valence-corrected chi connectivity index (χ3v) is 2.79. The van der Waals surface area contributed by atoms with Crippen LogP contribution in [-0.4, -0.2) is 10.9 Å². The Kier molecular flexibility index (Phi) is 4.89. The van der Waals surface area contributed by atoms with Gasteiger partial charge in [0.15, 0.2) is 0 Å². The molecule has 0 atom stereocenters. The van der Waals surface area contributed by atoms with Crippen molar-refractivity contribution in [3.05, 3.63) is 48.2 Å². The second-order valence-corrected chi connectivity index (χ2v) is 4.55. The first-order chi connectivity index (χ1) is 10.2. The predicted molar refractivity (Wildman–Crippen MR) is 82.2 cm³/mol. The average molecular weight is 280 g/mol. The van der Waals surface area contributed by atoms with Gasteiger partial charge in [0.05, 0.1) is 23.5 Å². The molecular formula is C16H16N4O. The number of hydrogen-bond acceptors (Lipinski definition) is 4. The number of carbonyl (C=O) groups excluding carboxylic acids is 1. The second kappa shape index (κ2) is 7.06. The van der Waals surface area contributed by atoms with Gasteiger partial charge in [0.2, 0.25) is 5.91 Å². The van der Waals surface area contributed by atoms with Crippen molar-refractivity contribution in [2.24, 2.45) is 0 Å². The quantitative estimate of drug-likeness (QED) is 0.879. The lowest BCUT2D eigenvalue weighted by Gasteiger charge is -2.08. The molecule has 0 fully saturated rings. The van der Waals surface area contributed by atoms with E-state index in [4.69, 9.17) is 5.26 Å². The molecule has 2 N–H and O–H groups in total. The molecule has 2 aromatic rings. The zero-order valence-corrected chi connectivity index (χ0v) is 11.8. The van der Waals surface area contributed by atoms with Crippen molar-refractivity contribution in [2.45, 2.75) is 19.8 Å². The van der Waals surface area contributed by atoms with E-state index in [1.807, 2.05) is 25.1 Å². The molecule has 0 aliphatic rings. The molecule has 1 aromatic heterocycles. The third-order valence-electron chi connectivity index (χ3n) is 2.79. The Bertz CT molecular complexity index is 659. The van der Waals surface area contributed by atoms with Crippen LogP contribution in [0.1, 0.15) is 25.3 Å². The Hall–Kier alpha value is -2.87. The minimum Gasteiger partial charge on any atom is -0.354 e. The molecule has 0 spiro atoms. The van der Waals surface area contributed by atoms with Crippen molar-refractivity contribution in [3.63, 3.8) is 0 Å². The van der Waals surface area contributed by atoms with Gasteiger partial charge in [-0.3, -0.25) is 4.79 Å². The van der Waals surface area contributed by atoms with E-state index < -0.39 is 0 Å². The summed E-state index contributed by atoms with van der Waals surface area (Å²) < 4.78 is 0. The van der Waals surface area contributed by atoms with Gasteiger partial charge < -0.3 is 10.6 Å². The summed E-state index contributed by atoms with van der Waals surface area (Å²) in [5.74, 6) is 0.497. The first kappa shape index (κ1) is 14.5. The first-order valence-corrected chi connectivity index (χ1v) is 6.74. The maximum absolute atomic E-state index is 11.5. The highest BCUT2D eigenvalue weighted by atomic mass is 16.1. The molecular weight excluding hydrogens is 264 g/mol. The van der Waals surface area contributed by atoms with E-state index >= 15 is 0 Å². The second-order valence-electron chi connectivity index (χ2n) is 4.55. The third kappa shape index (κ3) is 4.32. The van der Waals surface area contributed by atoms with Crippen molar-refractivity contribution in [1.82, 2.24) is 4.98 Å². The van der Waals surface area contributed by atoms with Crippen LogP contribution in [0.4, 0.5) is 17.2 Å². The summed E-state index contributed by atoms with van der Waals surface area (Å²) in [5, 5.41) is 14.8. The maximum atomic E-state index is 11.5. The van der Waals surface area contributed by atoms with Gasteiger partial charge in [-0.25, -0.2) is 4.98 Å². The van der Waals surface area contributed by atoms with E-state index in [0.29, 0.717) is 17.8 Å². The number of rotatable bonds is 5. The highest BCUT2D eigenvalue weighted by molar-refractivity contribution is 5.89. The van der Waals surface area contributed by atoms with Crippen molar-refractivity contribution in [3.8, 4) is 6.07 Å². The Morgan fingerprint density at radius 3 is 2.81 bits per heavy atom. The summed E-state index contributed by atoms with van der Waals surface area (Å²) in [6.45, 7) is 1.95. The summed E-state index contributed by atoms with van der Waals surface area (Å²) in [6.07, 6.45) is 2.93. The molecule has 5 nitrogen and oxygen atoms in total. The standard InChI is InChI=1S/C16H16N4O/c1-2-4-16(21)20-15-8-7-14(11-18-15)19-13-6-3-5-12(9-13)10-17/h3,5-9,11,19H,2,4H2,1H3,(H,18,20,21). The number of amides is 1. The fraction of sp³-hybridized carbons (Fsp3) is 0.188. The largest absolute Gasteiger partial charge is 0.354 e. The summed E-state index contributed by atoms with van der Waals surface area (Å²) in [7, 11) is 0. The Morgan fingerprint density at radius 2 is 2.14 bits per heavy atom. The van der Waals surface area contributed by atoms with E-state index in [1.54, 1.807) is 24.4 Å². The van der Waals surface area contributed by atoms with Gasteiger partial charge in [-0.2, -0.15) is 5.26 Å². The lowest BCUT2D eigenvalue weighted by atomic mass is 10.2. The van der Waals surface area contributed by atoms with Gasteiger partial charge in [0.1, 0.15) is 5.82 Å². The van der Waals surface area contributed by atoms with Crippen molar-refractivity contribution in [1.29, 1.82) is 5.26 Å². The van der Waals surface area contributed by atoms with E-state index in [1.165, 1.54) is 0 Å². The maximum Gasteiger partial charge on any atom is 0.225 e. The fourth-order valence-corrected chi connectivity index (χ4v) is 1.81. The molecule has 21 heavy (non-hydrogen) atoms. The summed E-state index contributed by atoms with van der Waals surface area (Å²) in [6, 6.07) is 12.9. The number of anilines is 3. The Labute approximate surface area is 123 Å². The summed E-state index contributed by atoms with van der Waals surface area (Å²) in [5.41, 5.74) is 2.20. The number of hydrogen-bond donors (Lipinski definition) is 2. The lowest BCUT2D eigenvalue weighted by molar-refractivity contribution is -0.116. The summed E-state index contributed by atoms with van der Waals surface area (Å²) in [4.78, 5) is 15.6. The molecule has 0 aliphatic heterocycles. The van der Waals surface area contributed by atoms with Crippen LogP contribution in [-0.2, 0) is 4.79 Å². The van der Waals surface area contributed by atoms with Gasteiger partial charge in [-0.05, 0) is 36.8 Å². The molecule has 1 amide bonds. The highest BCUT2D eigenvalue weighted by Gasteiger charge is 2.02. The molecule has 0 bridgehead atoms. The van der Waals surface area contributed by atoms with Crippen molar-refractivity contribution < 1.29 is 4.79 Å². The van der Waals surface area contributed by atoms with Crippen LogP contribution in [0.3, 0.4) is 0 Å². The minimum atomic E-state index is -0.0348. The van der Waals surface area contributed by atoms with Gasteiger partial charge in [-0.15, -0.1) is 0 Å². The molecule has 2 rings (SSSR count). The van der Waals surface area contributed by atoms with Crippen LogP contribution >= 0.6 is 0 Å². The number of aromatic nitrogens is 1. The first-order valence-electron chi connectivity index (χ1n) is 6.74. The Balaban J connectivity index is 2.02. The number of nitrogens with zero attached hydrogens (tertiary/aromatic N) is 2. The van der Waals surface area contributed by atoms with Gasteiger partial charge in [0, 0.05) is 12.1 Å². The normalized spacial score (nSPS) is 9.71. The summed E-state index contributed by atoms with van der Waals surface area (Å²) >= 11 is 0. The number of nitriles is 1. The van der Waals surface area contributed by atoms with Gasteiger partial charge >= 0.3 is 0 Å². The monoisotopic (exact) mass is 280 g/mol. The topological polar surface area (TPSA) is 77.8 Å². The fourth-order valence-electron chi connectivity index (χ4n) is 1.81. The molecule has 0 radical (unpaired) electrons. The van der Waals surface area contributed by atoms with Crippen LogP contribution in [0.25, 0.3) is 0 Å². The van der Waals surface area contributed by atoms with Crippen LogP contribution in [0.2, 0.25) is 0 Å². The molecule has 5 heteroatoms. The molecule has 0 saturated heterocycles. The molecule has 1 heterocycles. The van der Waals surface area contributed by atoms with E-state index in [0.717, 1.165) is 17.8 Å². The van der Waals surface area contributed by atoms with Gasteiger partial charge in [0.25, 0.3) is 0 Å². The molecule has 0 saturated carbocycles. The van der Waals surface area contributed by atoms with Gasteiger partial charge in [-0.1, -0.05) is 13.0 Å². The number of carbonyl (C=O) groups is 1. The Morgan fingerprint density at radius 1 is 1.29 bits per heavy atom. The van der Waals surface area contributed by atoms with Crippen LogP contribution in [0, 0.1) is 11.3 Å².